The third-order valence-electron chi connectivity index (χ3n) is 4.25. The van der Waals surface area contributed by atoms with Gasteiger partial charge in [-0.15, -0.1) is 0 Å². The van der Waals surface area contributed by atoms with Gasteiger partial charge in [0.05, 0.1) is 0 Å². The molecule has 1 fully saturated rings. The molecule has 0 bridgehead atoms. The van der Waals surface area contributed by atoms with E-state index in [-0.39, 0.29) is 23.9 Å². The van der Waals surface area contributed by atoms with Crippen LogP contribution in [0.1, 0.15) is 44.6 Å². The molecule has 1 amide bonds. The molecule has 3 N–H and O–H groups in total. The largest absolute Gasteiger partial charge is 0.353 e. The first-order valence-electron chi connectivity index (χ1n) is 7.85. The number of rotatable bonds is 5. The van der Waals surface area contributed by atoms with E-state index in [9.17, 15) is 4.79 Å². The van der Waals surface area contributed by atoms with E-state index in [1.807, 2.05) is 0 Å². The van der Waals surface area contributed by atoms with Gasteiger partial charge in [0.25, 0.3) is 0 Å². The summed E-state index contributed by atoms with van der Waals surface area (Å²) in [5.41, 5.74) is 7.26. The monoisotopic (exact) mass is 352 g/mol. The van der Waals surface area contributed by atoms with Crippen molar-refractivity contribution in [2.45, 2.75) is 57.5 Å². The Bertz CT molecular complexity index is 460. The lowest BCUT2D eigenvalue weighted by Gasteiger charge is -2.27. The standard InChI is InChI=1S/C17H25BrN2O/c1-12(5-6-13-7-9-15(18)10-8-13)20-17(21)14-3-2-4-16(19)11-14/h7-10,12,14,16H,2-6,11,19H2,1H3,(H,20,21). The highest BCUT2D eigenvalue weighted by atomic mass is 79.9. The number of amides is 1. The second kappa shape index (κ2) is 7.95. The maximum atomic E-state index is 12.2. The van der Waals surface area contributed by atoms with Crippen molar-refractivity contribution < 1.29 is 4.79 Å². The van der Waals surface area contributed by atoms with Crippen LogP contribution in [-0.4, -0.2) is 18.0 Å². The number of carbonyl (C=O) groups excluding carboxylic acids is 1. The van der Waals surface area contributed by atoms with Crippen LogP contribution >= 0.6 is 15.9 Å². The molecule has 0 aliphatic heterocycles. The molecule has 21 heavy (non-hydrogen) atoms. The van der Waals surface area contributed by atoms with Crippen LogP contribution in [0.2, 0.25) is 0 Å². The molecule has 1 aromatic carbocycles. The Morgan fingerprint density at radius 3 is 2.76 bits per heavy atom. The van der Waals surface area contributed by atoms with Crippen LogP contribution in [0.15, 0.2) is 28.7 Å². The highest BCUT2D eigenvalue weighted by Crippen LogP contribution is 2.23. The summed E-state index contributed by atoms with van der Waals surface area (Å²) in [6, 6.07) is 8.77. The van der Waals surface area contributed by atoms with E-state index in [2.05, 4.69) is 52.4 Å². The van der Waals surface area contributed by atoms with Gasteiger partial charge in [-0.1, -0.05) is 34.5 Å². The van der Waals surface area contributed by atoms with E-state index in [1.54, 1.807) is 0 Å². The molecule has 0 aromatic heterocycles. The van der Waals surface area contributed by atoms with Gasteiger partial charge < -0.3 is 11.1 Å². The van der Waals surface area contributed by atoms with Crippen molar-refractivity contribution in [3.63, 3.8) is 0 Å². The van der Waals surface area contributed by atoms with Crippen LogP contribution in [0, 0.1) is 5.92 Å². The van der Waals surface area contributed by atoms with E-state index < -0.39 is 0 Å². The molecule has 1 aliphatic carbocycles. The molecule has 4 heteroatoms. The van der Waals surface area contributed by atoms with Crippen LogP contribution in [-0.2, 0) is 11.2 Å². The van der Waals surface area contributed by atoms with Crippen LogP contribution in [0.3, 0.4) is 0 Å². The summed E-state index contributed by atoms with van der Waals surface area (Å²) < 4.78 is 1.10. The Kier molecular flexibility index (Phi) is 6.24. The Balaban J connectivity index is 1.74. The number of carbonyl (C=O) groups is 1. The van der Waals surface area contributed by atoms with Crippen LogP contribution in [0.5, 0.6) is 0 Å². The smallest absolute Gasteiger partial charge is 0.223 e. The second-order valence-electron chi connectivity index (χ2n) is 6.20. The van der Waals surface area contributed by atoms with Crippen molar-refractivity contribution in [2.24, 2.45) is 11.7 Å². The summed E-state index contributed by atoms with van der Waals surface area (Å²) in [6.45, 7) is 2.08. The highest BCUT2D eigenvalue weighted by Gasteiger charge is 2.25. The minimum absolute atomic E-state index is 0.115. The zero-order valence-corrected chi connectivity index (χ0v) is 14.2. The van der Waals surface area contributed by atoms with Gasteiger partial charge in [0.2, 0.25) is 5.91 Å². The van der Waals surface area contributed by atoms with E-state index >= 15 is 0 Å². The quantitative estimate of drug-likeness (QED) is 0.852. The van der Waals surface area contributed by atoms with Crippen molar-refractivity contribution in [2.75, 3.05) is 0 Å². The molecule has 116 valence electrons. The number of benzene rings is 1. The van der Waals surface area contributed by atoms with Gasteiger partial charge in [0.1, 0.15) is 0 Å². The topological polar surface area (TPSA) is 55.1 Å². The molecule has 3 unspecified atom stereocenters. The summed E-state index contributed by atoms with van der Waals surface area (Å²) in [7, 11) is 0. The predicted molar refractivity (Wildman–Crippen MR) is 90.0 cm³/mol. The van der Waals surface area contributed by atoms with Gasteiger partial charge >= 0.3 is 0 Å². The average Bonchev–Trinajstić information content (AvgIpc) is 2.46. The highest BCUT2D eigenvalue weighted by molar-refractivity contribution is 9.10. The van der Waals surface area contributed by atoms with Crippen molar-refractivity contribution in [3.8, 4) is 0 Å². The Labute approximate surface area is 135 Å². The Morgan fingerprint density at radius 1 is 1.38 bits per heavy atom. The summed E-state index contributed by atoms with van der Waals surface area (Å²) in [4.78, 5) is 12.2. The summed E-state index contributed by atoms with van der Waals surface area (Å²) >= 11 is 3.44. The molecule has 1 aromatic rings. The predicted octanol–water partition coefficient (Wildman–Crippen LogP) is 3.40. The number of aryl methyl sites for hydroxylation is 1. The van der Waals surface area contributed by atoms with E-state index in [1.165, 1.54) is 5.56 Å². The fourth-order valence-electron chi connectivity index (χ4n) is 2.93. The number of nitrogens with two attached hydrogens (primary N) is 1. The van der Waals surface area contributed by atoms with Crippen LogP contribution in [0.4, 0.5) is 0 Å². The van der Waals surface area contributed by atoms with Crippen LogP contribution in [0.25, 0.3) is 0 Å². The van der Waals surface area contributed by atoms with Crippen molar-refractivity contribution in [1.82, 2.24) is 5.32 Å². The molecule has 0 heterocycles. The molecule has 0 saturated heterocycles. The molecular weight excluding hydrogens is 328 g/mol. The average molecular weight is 353 g/mol. The van der Waals surface area contributed by atoms with Gasteiger partial charge in [0.15, 0.2) is 0 Å². The molecule has 3 nitrogen and oxygen atoms in total. The van der Waals surface area contributed by atoms with Crippen molar-refractivity contribution >= 4 is 21.8 Å². The Morgan fingerprint density at radius 2 is 2.10 bits per heavy atom. The lowest BCUT2D eigenvalue weighted by molar-refractivity contribution is -0.126. The van der Waals surface area contributed by atoms with E-state index in [4.69, 9.17) is 5.73 Å². The van der Waals surface area contributed by atoms with Crippen LogP contribution < -0.4 is 11.1 Å². The SMILES string of the molecule is CC(CCc1ccc(Br)cc1)NC(=O)C1CCCC(N)C1. The molecule has 0 spiro atoms. The third-order valence-corrected chi connectivity index (χ3v) is 4.78. The van der Waals surface area contributed by atoms with E-state index in [0.717, 1.165) is 43.0 Å². The lowest BCUT2D eigenvalue weighted by atomic mass is 9.85. The van der Waals surface area contributed by atoms with Gasteiger partial charge in [-0.3, -0.25) is 4.79 Å². The maximum Gasteiger partial charge on any atom is 0.223 e. The van der Waals surface area contributed by atoms with Gasteiger partial charge in [0, 0.05) is 22.5 Å². The minimum atomic E-state index is 0.115. The fraction of sp³-hybridized carbons (Fsp3) is 0.588. The van der Waals surface area contributed by atoms with Crippen molar-refractivity contribution in [3.05, 3.63) is 34.3 Å². The molecular formula is C17H25BrN2O. The molecule has 3 atom stereocenters. The first kappa shape index (κ1) is 16.5. The second-order valence-corrected chi connectivity index (χ2v) is 7.11. The zero-order chi connectivity index (χ0) is 15.2. The summed E-state index contributed by atoms with van der Waals surface area (Å²) in [5, 5.41) is 3.15. The Hall–Kier alpha value is -0.870. The van der Waals surface area contributed by atoms with Gasteiger partial charge in [-0.2, -0.15) is 0 Å². The number of hydrogen-bond acceptors (Lipinski definition) is 2. The normalized spacial score (nSPS) is 23.6. The van der Waals surface area contributed by atoms with Gasteiger partial charge in [-0.05, 0) is 56.7 Å². The van der Waals surface area contributed by atoms with E-state index in [0.29, 0.717) is 0 Å². The first-order valence-corrected chi connectivity index (χ1v) is 8.64. The van der Waals surface area contributed by atoms with Crippen molar-refractivity contribution in [1.29, 1.82) is 0 Å². The number of hydrogen-bond donors (Lipinski definition) is 2. The summed E-state index contributed by atoms with van der Waals surface area (Å²) in [6.07, 6.45) is 5.91. The maximum absolute atomic E-state index is 12.2. The molecule has 1 aliphatic rings. The third kappa shape index (κ3) is 5.44. The first-order chi connectivity index (χ1) is 10.0. The summed E-state index contributed by atoms with van der Waals surface area (Å²) in [5.74, 6) is 0.303. The van der Waals surface area contributed by atoms with Gasteiger partial charge in [-0.25, -0.2) is 0 Å². The number of nitrogens with one attached hydrogen (secondary N) is 1. The molecule has 0 radical (unpaired) electrons. The number of halogens is 1. The molecule has 1 saturated carbocycles. The lowest BCUT2D eigenvalue weighted by Crippen LogP contribution is -2.41. The molecule has 2 rings (SSSR count). The minimum Gasteiger partial charge on any atom is -0.353 e. The zero-order valence-electron chi connectivity index (χ0n) is 12.6. The fourth-order valence-corrected chi connectivity index (χ4v) is 3.20.